The van der Waals surface area contributed by atoms with Crippen LogP contribution < -0.4 is 14.8 Å². The van der Waals surface area contributed by atoms with Crippen molar-refractivity contribution in [2.75, 3.05) is 25.6 Å². The van der Waals surface area contributed by atoms with Crippen LogP contribution in [-0.2, 0) is 21.6 Å². The molecule has 0 saturated carbocycles. The van der Waals surface area contributed by atoms with Crippen LogP contribution in [-0.4, -0.2) is 26.2 Å². The molecule has 1 aliphatic rings. The Morgan fingerprint density at radius 3 is 2.38 bits per heavy atom. The molecule has 0 unspecified atom stereocenters. The van der Waals surface area contributed by atoms with Gasteiger partial charge in [0, 0.05) is 18.9 Å². The summed E-state index contributed by atoms with van der Waals surface area (Å²) < 4.78 is 16.8. The largest absolute Gasteiger partial charge is 0.497 e. The average molecular weight is 432 g/mol. The SMILES string of the molecule is COc1ccc(C2(C(=O)Nc3ccc(OCc4ccccc4)c(C)c3)CCOCC2)cc1. The highest BCUT2D eigenvalue weighted by Crippen LogP contribution is 2.37. The number of benzene rings is 3. The van der Waals surface area contributed by atoms with Crippen molar-refractivity contribution in [1.82, 2.24) is 0 Å². The lowest BCUT2D eigenvalue weighted by Crippen LogP contribution is -2.44. The van der Waals surface area contributed by atoms with Gasteiger partial charge in [0.2, 0.25) is 5.91 Å². The third-order valence-electron chi connectivity index (χ3n) is 6.09. The lowest BCUT2D eigenvalue weighted by Gasteiger charge is -2.36. The molecule has 166 valence electrons. The molecule has 3 aromatic rings. The molecular formula is C27H29NO4. The van der Waals surface area contributed by atoms with Gasteiger partial charge in [-0.1, -0.05) is 42.5 Å². The first-order valence-electron chi connectivity index (χ1n) is 10.9. The van der Waals surface area contributed by atoms with Crippen molar-refractivity contribution in [3.05, 3.63) is 89.5 Å². The van der Waals surface area contributed by atoms with Gasteiger partial charge in [-0.3, -0.25) is 4.79 Å². The van der Waals surface area contributed by atoms with E-state index in [4.69, 9.17) is 14.2 Å². The number of methoxy groups -OCH3 is 1. The second kappa shape index (κ2) is 9.88. The molecule has 0 atom stereocenters. The molecule has 0 aliphatic carbocycles. The molecular weight excluding hydrogens is 402 g/mol. The standard InChI is InChI=1S/C27H29NO4/c1-20-18-23(10-13-25(20)32-19-21-6-4-3-5-7-21)28-26(29)27(14-16-31-17-15-27)22-8-11-24(30-2)12-9-22/h3-13,18H,14-17,19H2,1-2H3,(H,28,29). The molecule has 32 heavy (non-hydrogen) atoms. The number of carbonyl (C=O) groups excluding carboxylic acids is 1. The van der Waals surface area contributed by atoms with Crippen molar-refractivity contribution in [1.29, 1.82) is 0 Å². The van der Waals surface area contributed by atoms with Crippen LogP contribution in [0.1, 0.15) is 29.5 Å². The third kappa shape index (κ3) is 4.78. The third-order valence-corrected chi connectivity index (χ3v) is 6.09. The fourth-order valence-electron chi connectivity index (χ4n) is 4.15. The van der Waals surface area contributed by atoms with Gasteiger partial charge in [0.05, 0.1) is 12.5 Å². The first-order chi connectivity index (χ1) is 15.6. The Labute approximate surface area is 189 Å². The number of aryl methyl sites for hydroxylation is 1. The van der Waals surface area contributed by atoms with Crippen molar-refractivity contribution in [2.45, 2.75) is 31.8 Å². The first kappa shape index (κ1) is 21.9. The van der Waals surface area contributed by atoms with Crippen LogP contribution in [0.4, 0.5) is 5.69 Å². The molecule has 5 heteroatoms. The zero-order valence-corrected chi connectivity index (χ0v) is 18.6. The van der Waals surface area contributed by atoms with Gasteiger partial charge in [0.1, 0.15) is 18.1 Å². The highest BCUT2D eigenvalue weighted by atomic mass is 16.5. The van der Waals surface area contributed by atoms with Gasteiger partial charge >= 0.3 is 0 Å². The van der Waals surface area contributed by atoms with E-state index in [9.17, 15) is 4.79 Å². The number of carbonyl (C=O) groups is 1. The van der Waals surface area contributed by atoms with E-state index < -0.39 is 5.41 Å². The molecule has 1 aliphatic heterocycles. The summed E-state index contributed by atoms with van der Waals surface area (Å²) in [6, 6.07) is 23.6. The van der Waals surface area contributed by atoms with Gasteiger partial charge in [0.25, 0.3) is 0 Å². The van der Waals surface area contributed by atoms with Crippen LogP contribution in [0.2, 0.25) is 0 Å². The molecule has 4 rings (SSSR count). The normalized spacial score (nSPS) is 15.1. The molecule has 5 nitrogen and oxygen atoms in total. The van der Waals surface area contributed by atoms with Crippen molar-refractivity contribution < 1.29 is 19.0 Å². The minimum Gasteiger partial charge on any atom is -0.497 e. The Morgan fingerprint density at radius 2 is 1.72 bits per heavy atom. The van der Waals surface area contributed by atoms with Gasteiger partial charge in [-0.2, -0.15) is 0 Å². The average Bonchev–Trinajstić information content (AvgIpc) is 2.84. The Balaban J connectivity index is 1.49. The van der Waals surface area contributed by atoms with Crippen LogP contribution in [0.15, 0.2) is 72.8 Å². The van der Waals surface area contributed by atoms with Gasteiger partial charge in [-0.25, -0.2) is 0 Å². The highest BCUT2D eigenvalue weighted by molar-refractivity contribution is 5.99. The van der Waals surface area contributed by atoms with Crippen LogP contribution in [0.3, 0.4) is 0 Å². The van der Waals surface area contributed by atoms with Gasteiger partial charge in [0.15, 0.2) is 0 Å². The maximum atomic E-state index is 13.5. The number of anilines is 1. The fraction of sp³-hybridized carbons (Fsp3) is 0.296. The van der Waals surface area contributed by atoms with Gasteiger partial charge < -0.3 is 19.5 Å². The van der Waals surface area contributed by atoms with E-state index in [0.29, 0.717) is 32.7 Å². The van der Waals surface area contributed by atoms with E-state index in [0.717, 1.165) is 33.9 Å². The van der Waals surface area contributed by atoms with Crippen molar-refractivity contribution >= 4 is 11.6 Å². The second-order valence-electron chi connectivity index (χ2n) is 8.13. The van der Waals surface area contributed by atoms with Crippen LogP contribution in [0.5, 0.6) is 11.5 Å². The molecule has 1 amide bonds. The van der Waals surface area contributed by atoms with Crippen molar-refractivity contribution in [3.8, 4) is 11.5 Å². The predicted molar refractivity (Wildman–Crippen MR) is 125 cm³/mol. The van der Waals surface area contributed by atoms with Crippen molar-refractivity contribution in [3.63, 3.8) is 0 Å². The monoisotopic (exact) mass is 431 g/mol. The zero-order valence-electron chi connectivity index (χ0n) is 18.6. The first-order valence-corrected chi connectivity index (χ1v) is 10.9. The molecule has 0 aromatic heterocycles. The topological polar surface area (TPSA) is 56.8 Å². The Bertz CT molecular complexity index is 1040. The van der Waals surface area contributed by atoms with Crippen LogP contribution in [0.25, 0.3) is 0 Å². The van der Waals surface area contributed by atoms with E-state index in [2.05, 4.69) is 5.32 Å². The molecule has 0 radical (unpaired) electrons. The van der Waals surface area contributed by atoms with Gasteiger partial charge in [-0.15, -0.1) is 0 Å². The molecule has 3 aromatic carbocycles. The maximum Gasteiger partial charge on any atom is 0.235 e. The number of ether oxygens (including phenoxy) is 3. The smallest absolute Gasteiger partial charge is 0.235 e. The Morgan fingerprint density at radius 1 is 1.00 bits per heavy atom. The lowest BCUT2D eigenvalue weighted by atomic mass is 9.73. The summed E-state index contributed by atoms with van der Waals surface area (Å²) in [5.74, 6) is 1.57. The van der Waals surface area contributed by atoms with E-state index in [1.807, 2.05) is 79.7 Å². The summed E-state index contributed by atoms with van der Waals surface area (Å²) in [6.45, 7) is 3.62. The van der Waals surface area contributed by atoms with Crippen LogP contribution >= 0.6 is 0 Å². The predicted octanol–water partition coefficient (Wildman–Crippen LogP) is 5.27. The molecule has 1 N–H and O–H groups in total. The summed E-state index contributed by atoms with van der Waals surface area (Å²) in [6.07, 6.45) is 1.28. The van der Waals surface area contributed by atoms with Crippen molar-refractivity contribution in [2.24, 2.45) is 0 Å². The van der Waals surface area contributed by atoms with E-state index in [1.54, 1.807) is 7.11 Å². The number of nitrogens with one attached hydrogen (secondary N) is 1. The quantitative estimate of drug-likeness (QED) is 0.554. The number of hydrogen-bond acceptors (Lipinski definition) is 4. The molecule has 0 spiro atoms. The van der Waals surface area contributed by atoms with E-state index >= 15 is 0 Å². The Kier molecular flexibility index (Phi) is 6.76. The second-order valence-corrected chi connectivity index (χ2v) is 8.13. The molecule has 0 bridgehead atoms. The molecule has 1 heterocycles. The van der Waals surface area contributed by atoms with Crippen LogP contribution in [0, 0.1) is 6.92 Å². The summed E-state index contributed by atoms with van der Waals surface area (Å²) >= 11 is 0. The highest BCUT2D eigenvalue weighted by Gasteiger charge is 2.41. The fourth-order valence-corrected chi connectivity index (χ4v) is 4.15. The number of rotatable bonds is 7. The maximum absolute atomic E-state index is 13.5. The zero-order chi connectivity index (χ0) is 22.4. The number of amides is 1. The minimum atomic E-state index is -0.624. The summed E-state index contributed by atoms with van der Waals surface area (Å²) in [7, 11) is 1.64. The van der Waals surface area contributed by atoms with Gasteiger partial charge in [-0.05, 0) is 66.8 Å². The van der Waals surface area contributed by atoms with E-state index in [-0.39, 0.29) is 5.91 Å². The summed E-state index contributed by atoms with van der Waals surface area (Å²) in [5, 5.41) is 3.14. The molecule has 1 saturated heterocycles. The number of hydrogen-bond donors (Lipinski definition) is 1. The Hall–Kier alpha value is -3.31. The minimum absolute atomic E-state index is 0.0108. The molecule has 1 fully saturated rings. The van der Waals surface area contributed by atoms with E-state index in [1.165, 1.54) is 0 Å². The lowest BCUT2D eigenvalue weighted by molar-refractivity contribution is -0.125. The summed E-state index contributed by atoms with van der Waals surface area (Å²) in [5.41, 5.74) is 3.22. The summed E-state index contributed by atoms with van der Waals surface area (Å²) in [4.78, 5) is 13.5.